The Hall–Kier alpha value is -1.12. The van der Waals surface area contributed by atoms with Gasteiger partial charge in [0, 0.05) is 25.0 Å². The van der Waals surface area contributed by atoms with Gasteiger partial charge in [-0.2, -0.15) is 0 Å². The van der Waals surface area contributed by atoms with Gasteiger partial charge in [0.25, 0.3) is 0 Å². The van der Waals surface area contributed by atoms with Gasteiger partial charge in [-0.25, -0.2) is 9.97 Å². The average molecular weight is 205 g/mol. The van der Waals surface area contributed by atoms with Gasteiger partial charge in [0.1, 0.15) is 0 Å². The highest BCUT2D eigenvalue weighted by molar-refractivity contribution is 5.33. The highest BCUT2D eigenvalue weighted by Crippen LogP contribution is 2.34. The van der Waals surface area contributed by atoms with E-state index in [1.54, 1.807) is 0 Å². The Bertz CT molecular complexity index is 315. The van der Waals surface area contributed by atoms with Gasteiger partial charge in [-0.15, -0.1) is 0 Å². The van der Waals surface area contributed by atoms with Crippen molar-refractivity contribution in [2.45, 2.75) is 39.7 Å². The number of aromatic nitrogens is 2. The van der Waals surface area contributed by atoms with Gasteiger partial charge in [-0.1, -0.05) is 20.8 Å². The number of hydrogen-bond acceptors (Lipinski definition) is 3. The van der Waals surface area contributed by atoms with E-state index in [-0.39, 0.29) is 0 Å². The maximum Gasteiger partial charge on any atom is 0.225 e. The Balaban J connectivity index is 2.23. The van der Waals surface area contributed by atoms with Crippen LogP contribution in [0.25, 0.3) is 0 Å². The number of nitrogens with zero attached hydrogens (tertiary/aromatic N) is 3. The van der Waals surface area contributed by atoms with E-state index in [1.807, 2.05) is 18.5 Å². The molecule has 1 saturated heterocycles. The first-order valence-corrected chi connectivity index (χ1v) is 5.63. The summed E-state index contributed by atoms with van der Waals surface area (Å²) in [6.45, 7) is 7.96. The van der Waals surface area contributed by atoms with Crippen molar-refractivity contribution in [3.05, 3.63) is 18.5 Å². The first kappa shape index (κ1) is 10.4. The van der Waals surface area contributed by atoms with Crippen LogP contribution in [0.3, 0.4) is 0 Å². The molecular weight excluding hydrogens is 186 g/mol. The van der Waals surface area contributed by atoms with Gasteiger partial charge >= 0.3 is 0 Å². The zero-order chi connectivity index (χ0) is 10.9. The maximum atomic E-state index is 4.34. The van der Waals surface area contributed by atoms with Crippen molar-refractivity contribution in [1.29, 1.82) is 0 Å². The molecule has 0 saturated carbocycles. The Labute approximate surface area is 91.5 Å². The highest BCUT2D eigenvalue weighted by atomic mass is 15.3. The zero-order valence-electron chi connectivity index (χ0n) is 9.77. The maximum absolute atomic E-state index is 4.34. The molecule has 0 radical (unpaired) electrons. The summed E-state index contributed by atoms with van der Waals surface area (Å²) in [6.07, 6.45) is 6.14. The quantitative estimate of drug-likeness (QED) is 0.705. The fourth-order valence-electron chi connectivity index (χ4n) is 2.35. The minimum Gasteiger partial charge on any atom is -0.337 e. The van der Waals surface area contributed by atoms with Crippen molar-refractivity contribution in [2.75, 3.05) is 11.4 Å². The van der Waals surface area contributed by atoms with E-state index in [9.17, 15) is 0 Å². The molecule has 1 fully saturated rings. The van der Waals surface area contributed by atoms with Gasteiger partial charge in [0.15, 0.2) is 0 Å². The lowest BCUT2D eigenvalue weighted by atomic mass is 9.85. The lowest BCUT2D eigenvalue weighted by Gasteiger charge is -2.34. The molecule has 0 amide bonds. The summed E-state index contributed by atoms with van der Waals surface area (Å²) < 4.78 is 0. The molecule has 0 aliphatic carbocycles. The van der Waals surface area contributed by atoms with E-state index in [2.05, 4.69) is 35.6 Å². The van der Waals surface area contributed by atoms with Crippen LogP contribution in [0.4, 0.5) is 5.95 Å². The van der Waals surface area contributed by atoms with Crippen molar-refractivity contribution in [1.82, 2.24) is 9.97 Å². The fraction of sp³-hybridized carbons (Fsp3) is 0.667. The molecule has 0 spiro atoms. The van der Waals surface area contributed by atoms with Crippen LogP contribution in [-0.2, 0) is 0 Å². The molecular formula is C12H19N3. The van der Waals surface area contributed by atoms with Crippen LogP contribution in [-0.4, -0.2) is 22.6 Å². The molecule has 1 atom stereocenters. The van der Waals surface area contributed by atoms with Gasteiger partial charge in [-0.05, 0) is 24.3 Å². The second-order valence-corrected chi connectivity index (χ2v) is 5.27. The fourth-order valence-corrected chi connectivity index (χ4v) is 2.35. The van der Waals surface area contributed by atoms with E-state index in [0.29, 0.717) is 11.5 Å². The molecule has 0 aromatic carbocycles. The van der Waals surface area contributed by atoms with Crippen LogP contribution in [0, 0.1) is 5.41 Å². The Kier molecular flexibility index (Phi) is 2.63. The first-order chi connectivity index (χ1) is 7.09. The van der Waals surface area contributed by atoms with Crippen LogP contribution in [0.2, 0.25) is 0 Å². The lowest BCUT2D eigenvalue weighted by molar-refractivity contribution is 0.318. The molecule has 2 rings (SSSR count). The zero-order valence-corrected chi connectivity index (χ0v) is 9.77. The van der Waals surface area contributed by atoms with Crippen LogP contribution in [0.5, 0.6) is 0 Å². The number of rotatable bonds is 1. The highest BCUT2D eigenvalue weighted by Gasteiger charge is 2.35. The molecule has 1 aromatic rings. The molecule has 82 valence electrons. The third-order valence-corrected chi connectivity index (χ3v) is 3.06. The third-order valence-electron chi connectivity index (χ3n) is 3.06. The summed E-state index contributed by atoms with van der Waals surface area (Å²) in [5.41, 5.74) is 0.301. The summed E-state index contributed by atoms with van der Waals surface area (Å²) in [7, 11) is 0. The van der Waals surface area contributed by atoms with Crippen molar-refractivity contribution >= 4 is 5.95 Å². The summed E-state index contributed by atoms with van der Waals surface area (Å²) in [5, 5.41) is 0. The molecule has 1 aliphatic rings. The smallest absolute Gasteiger partial charge is 0.225 e. The number of hydrogen-bond donors (Lipinski definition) is 0. The van der Waals surface area contributed by atoms with Gasteiger partial charge < -0.3 is 4.90 Å². The van der Waals surface area contributed by atoms with E-state index in [4.69, 9.17) is 0 Å². The second kappa shape index (κ2) is 3.80. The Morgan fingerprint density at radius 3 is 2.53 bits per heavy atom. The van der Waals surface area contributed by atoms with Crippen LogP contribution >= 0.6 is 0 Å². The molecule has 1 unspecified atom stereocenters. The monoisotopic (exact) mass is 205 g/mol. The SMILES string of the molecule is CC(C)(C)C1CCCN1c1ncccn1. The molecule has 1 aromatic heterocycles. The molecule has 0 N–H and O–H groups in total. The van der Waals surface area contributed by atoms with E-state index in [0.717, 1.165) is 12.5 Å². The van der Waals surface area contributed by atoms with Crippen molar-refractivity contribution < 1.29 is 0 Å². The van der Waals surface area contributed by atoms with Gasteiger partial charge in [-0.3, -0.25) is 0 Å². The molecule has 15 heavy (non-hydrogen) atoms. The standard InChI is InChI=1S/C12H19N3/c1-12(2,3)10-6-4-9-15(10)11-13-7-5-8-14-11/h5,7-8,10H,4,6,9H2,1-3H3. The van der Waals surface area contributed by atoms with Crippen molar-refractivity contribution in [2.24, 2.45) is 5.41 Å². The predicted molar refractivity (Wildman–Crippen MR) is 61.9 cm³/mol. The molecule has 0 bridgehead atoms. The van der Waals surface area contributed by atoms with Gasteiger partial charge in [0.2, 0.25) is 5.95 Å². The molecule has 1 aliphatic heterocycles. The third kappa shape index (κ3) is 2.11. The topological polar surface area (TPSA) is 29.0 Å². The van der Waals surface area contributed by atoms with E-state index in [1.165, 1.54) is 12.8 Å². The molecule has 3 nitrogen and oxygen atoms in total. The molecule has 2 heterocycles. The van der Waals surface area contributed by atoms with Gasteiger partial charge in [0.05, 0.1) is 0 Å². The Morgan fingerprint density at radius 1 is 1.27 bits per heavy atom. The summed E-state index contributed by atoms with van der Waals surface area (Å²) in [6, 6.07) is 2.44. The Morgan fingerprint density at radius 2 is 1.93 bits per heavy atom. The average Bonchev–Trinajstić information content (AvgIpc) is 2.67. The van der Waals surface area contributed by atoms with Crippen LogP contribution < -0.4 is 4.90 Å². The summed E-state index contributed by atoms with van der Waals surface area (Å²) >= 11 is 0. The summed E-state index contributed by atoms with van der Waals surface area (Å²) in [4.78, 5) is 11.0. The lowest BCUT2D eigenvalue weighted by Crippen LogP contribution is -2.40. The number of anilines is 1. The second-order valence-electron chi connectivity index (χ2n) is 5.27. The van der Waals surface area contributed by atoms with Crippen molar-refractivity contribution in [3.63, 3.8) is 0 Å². The van der Waals surface area contributed by atoms with Crippen molar-refractivity contribution in [3.8, 4) is 0 Å². The summed E-state index contributed by atoms with van der Waals surface area (Å²) in [5.74, 6) is 0.884. The van der Waals surface area contributed by atoms with Crippen LogP contribution in [0.1, 0.15) is 33.6 Å². The minimum atomic E-state index is 0.301. The molecule has 3 heteroatoms. The van der Waals surface area contributed by atoms with E-state index >= 15 is 0 Å². The first-order valence-electron chi connectivity index (χ1n) is 5.63. The largest absolute Gasteiger partial charge is 0.337 e. The van der Waals surface area contributed by atoms with Crippen LogP contribution in [0.15, 0.2) is 18.5 Å². The van der Waals surface area contributed by atoms with E-state index < -0.39 is 0 Å². The minimum absolute atomic E-state index is 0.301. The normalized spacial score (nSPS) is 22.1. The predicted octanol–water partition coefficient (Wildman–Crippen LogP) is 2.49.